The van der Waals surface area contributed by atoms with Gasteiger partial charge in [0.2, 0.25) is 0 Å². The van der Waals surface area contributed by atoms with Gasteiger partial charge in [-0.2, -0.15) is 0 Å². The molecule has 0 radical (unpaired) electrons. The molecule has 2 aromatic carbocycles. The van der Waals surface area contributed by atoms with Gasteiger partial charge in [-0.25, -0.2) is 4.39 Å². The van der Waals surface area contributed by atoms with E-state index in [-0.39, 0.29) is 11.6 Å². The Morgan fingerprint density at radius 3 is 2.68 bits per heavy atom. The van der Waals surface area contributed by atoms with Crippen molar-refractivity contribution in [1.82, 2.24) is 10.3 Å². The van der Waals surface area contributed by atoms with Crippen molar-refractivity contribution in [2.24, 2.45) is 0 Å². The second-order valence-corrected chi connectivity index (χ2v) is 7.77. The number of carbonyl (C=O) groups is 1. The van der Waals surface area contributed by atoms with Gasteiger partial charge in [0.25, 0.3) is 11.5 Å². The Bertz CT molecular complexity index is 1080. The minimum atomic E-state index is -0.471. The number of rotatable bonds is 3. The van der Waals surface area contributed by atoms with E-state index in [4.69, 9.17) is 11.6 Å². The van der Waals surface area contributed by atoms with Crippen LogP contribution in [0.25, 0.3) is 10.9 Å². The highest BCUT2D eigenvalue weighted by atomic mass is 35.5. The lowest BCUT2D eigenvalue weighted by Crippen LogP contribution is -2.40. The molecular weight excluding hydrogens is 379 g/mol. The quantitative estimate of drug-likeness (QED) is 0.667. The van der Waals surface area contributed by atoms with E-state index >= 15 is 0 Å². The predicted octanol–water partition coefficient (Wildman–Crippen LogP) is 4.78. The molecule has 2 N–H and O–H groups in total. The number of aromatic amines is 1. The van der Waals surface area contributed by atoms with Crippen molar-refractivity contribution in [3.05, 3.63) is 80.9 Å². The van der Waals surface area contributed by atoms with Gasteiger partial charge in [-0.3, -0.25) is 9.59 Å². The van der Waals surface area contributed by atoms with E-state index < -0.39 is 17.3 Å². The van der Waals surface area contributed by atoms with Crippen LogP contribution in [0.15, 0.2) is 53.3 Å². The predicted molar refractivity (Wildman–Crippen MR) is 108 cm³/mol. The maximum Gasteiger partial charge on any atom is 0.261 e. The number of benzene rings is 2. The summed E-state index contributed by atoms with van der Waals surface area (Å²) in [5, 5.41) is 4.19. The van der Waals surface area contributed by atoms with Gasteiger partial charge in [-0.05, 0) is 67.1 Å². The van der Waals surface area contributed by atoms with E-state index in [9.17, 15) is 14.0 Å². The van der Waals surface area contributed by atoms with E-state index in [0.717, 1.165) is 25.7 Å². The number of hydrogen-bond donors (Lipinski definition) is 2. The van der Waals surface area contributed by atoms with Crippen molar-refractivity contribution < 1.29 is 9.18 Å². The summed E-state index contributed by atoms with van der Waals surface area (Å²) in [6.07, 6.45) is 3.74. The third-order valence-corrected chi connectivity index (χ3v) is 5.65. The highest BCUT2D eigenvalue weighted by Gasteiger charge is 2.25. The summed E-state index contributed by atoms with van der Waals surface area (Å²) in [6.45, 7) is 0. The molecule has 144 valence electrons. The molecule has 4 rings (SSSR count). The Hall–Kier alpha value is -2.66. The zero-order valence-electron chi connectivity index (χ0n) is 15.2. The van der Waals surface area contributed by atoms with Gasteiger partial charge < -0.3 is 10.3 Å². The van der Waals surface area contributed by atoms with Crippen LogP contribution in [-0.2, 0) is 0 Å². The minimum absolute atomic E-state index is 0.00622. The second-order valence-electron chi connectivity index (χ2n) is 7.33. The first kappa shape index (κ1) is 18.7. The molecule has 0 spiro atoms. The van der Waals surface area contributed by atoms with Gasteiger partial charge in [-0.1, -0.05) is 30.2 Å². The van der Waals surface area contributed by atoms with Crippen molar-refractivity contribution in [2.45, 2.75) is 37.6 Å². The molecule has 28 heavy (non-hydrogen) atoms. The Morgan fingerprint density at radius 2 is 1.89 bits per heavy atom. The van der Waals surface area contributed by atoms with E-state index in [0.29, 0.717) is 21.8 Å². The molecule has 1 aliphatic rings. The number of fused-ring (bicyclic) bond motifs is 1. The highest BCUT2D eigenvalue weighted by Crippen LogP contribution is 2.33. The van der Waals surface area contributed by atoms with Crippen LogP contribution in [0.2, 0.25) is 5.02 Å². The number of carbonyl (C=O) groups excluding carboxylic acids is 1. The van der Waals surface area contributed by atoms with Gasteiger partial charge in [0.05, 0.1) is 0 Å². The first-order chi connectivity index (χ1) is 13.5. The van der Waals surface area contributed by atoms with Crippen LogP contribution in [0, 0.1) is 5.82 Å². The molecule has 1 amide bonds. The number of amides is 1. The smallest absolute Gasteiger partial charge is 0.261 e. The van der Waals surface area contributed by atoms with Crippen LogP contribution in [-0.4, -0.2) is 16.9 Å². The maximum atomic E-state index is 13.5. The van der Waals surface area contributed by atoms with Crippen LogP contribution >= 0.6 is 11.6 Å². The van der Waals surface area contributed by atoms with Crippen molar-refractivity contribution >= 4 is 28.4 Å². The Labute approximate surface area is 166 Å². The van der Waals surface area contributed by atoms with Gasteiger partial charge in [0.15, 0.2) is 0 Å². The fourth-order valence-corrected chi connectivity index (χ4v) is 4.09. The molecule has 1 heterocycles. The van der Waals surface area contributed by atoms with Gasteiger partial charge in [0, 0.05) is 22.0 Å². The van der Waals surface area contributed by atoms with Crippen LogP contribution < -0.4 is 10.9 Å². The summed E-state index contributed by atoms with van der Waals surface area (Å²) in [5.74, 6) is -0.488. The fourth-order valence-electron chi connectivity index (χ4n) is 3.97. The van der Waals surface area contributed by atoms with E-state index in [1.165, 1.54) is 29.8 Å². The van der Waals surface area contributed by atoms with Gasteiger partial charge in [-0.15, -0.1) is 0 Å². The first-order valence-corrected chi connectivity index (χ1v) is 9.76. The van der Waals surface area contributed by atoms with Crippen LogP contribution in [0.5, 0.6) is 0 Å². The number of pyridine rings is 1. The molecule has 0 saturated heterocycles. The summed E-state index contributed by atoms with van der Waals surface area (Å²) in [6, 6.07) is 13.3. The zero-order chi connectivity index (χ0) is 19.7. The monoisotopic (exact) mass is 398 g/mol. The average Bonchev–Trinajstić information content (AvgIpc) is 2.68. The van der Waals surface area contributed by atoms with E-state index in [1.54, 1.807) is 0 Å². The third kappa shape index (κ3) is 3.94. The molecule has 4 nitrogen and oxygen atoms in total. The lowest BCUT2D eigenvalue weighted by molar-refractivity contribution is 0.0923. The lowest BCUT2D eigenvalue weighted by Gasteiger charge is -2.30. The maximum absolute atomic E-state index is 13.5. The molecule has 3 aromatic rings. The SMILES string of the molecule is O=C(NC1CCCC(c2ccc(Cl)cc2)C1)c1cc2cc(F)ccc2[nH]c1=O. The van der Waals surface area contributed by atoms with Crippen LogP contribution in [0.4, 0.5) is 4.39 Å². The molecule has 2 unspecified atom stereocenters. The van der Waals surface area contributed by atoms with Crippen molar-refractivity contribution in [2.75, 3.05) is 0 Å². The Kier molecular flexibility index (Phi) is 5.18. The summed E-state index contributed by atoms with van der Waals surface area (Å²) < 4.78 is 13.5. The molecule has 2 atom stereocenters. The highest BCUT2D eigenvalue weighted by molar-refractivity contribution is 6.30. The van der Waals surface area contributed by atoms with Crippen molar-refractivity contribution in [1.29, 1.82) is 0 Å². The molecule has 0 bridgehead atoms. The summed E-state index contributed by atoms with van der Waals surface area (Å²) in [5.41, 5.74) is 1.25. The molecule has 1 fully saturated rings. The summed E-state index contributed by atoms with van der Waals surface area (Å²) >= 11 is 5.97. The summed E-state index contributed by atoms with van der Waals surface area (Å²) in [4.78, 5) is 27.7. The van der Waals surface area contributed by atoms with Crippen LogP contribution in [0.1, 0.15) is 47.5 Å². The second kappa shape index (κ2) is 7.76. The van der Waals surface area contributed by atoms with E-state index in [2.05, 4.69) is 10.3 Å². The Morgan fingerprint density at radius 1 is 1.11 bits per heavy atom. The third-order valence-electron chi connectivity index (χ3n) is 5.40. The van der Waals surface area contributed by atoms with Crippen molar-refractivity contribution in [3.8, 4) is 0 Å². The van der Waals surface area contributed by atoms with Gasteiger partial charge in [0.1, 0.15) is 11.4 Å². The molecular formula is C22H20ClFN2O2. The van der Waals surface area contributed by atoms with Gasteiger partial charge >= 0.3 is 0 Å². The first-order valence-electron chi connectivity index (χ1n) is 9.38. The lowest BCUT2D eigenvalue weighted by atomic mass is 9.81. The minimum Gasteiger partial charge on any atom is -0.349 e. The zero-order valence-corrected chi connectivity index (χ0v) is 15.9. The normalized spacial score (nSPS) is 19.5. The number of nitrogens with one attached hydrogen (secondary N) is 2. The standard InChI is InChI=1S/C22H20ClFN2O2/c23-16-6-4-13(5-7-16)14-2-1-3-18(11-14)25-21(27)19-12-15-10-17(24)8-9-20(15)26-22(19)28/h4-10,12,14,18H,1-3,11H2,(H,25,27)(H,26,28). The number of halogens is 2. The molecule has 1 saturated carbocycles. The topological polar surface area (TPSA) is 62.0 Å². The molecule has 0 aliphatic heterocycles. The number of H-pyrrole nitrogens is 1. The molecule has 1 aliphatic carbocycles. The molecule has 6 heteroatoms. The van der Waals surface area contributed by atoms with Crippen LogP contribution in [0.3, 0.4) is 0 Å². The number of aromatic nitrogens is 1. The number of hydrogen-bond acceptors (Lipinski definition) is 2. The van der Waals surface area contributed by atoms with Crippen molar-refractivity contribution in [3.63, 3.8) is 0 Å². The molecule has 1 aromatic heterocycles. The largest absolute Gasteiger partial charge is 0.349 e. The van der Waals surface area contributed by atoms with E-state index in [1.807, 2.05) is 24.3 Å². The summed E-state index contributed by atoms with van der Waals surface area (Å²) in [7, 11) is 0. The Balaban J connectivity index is 1.51. The average molecular weight is 399 g/mol. The fraction of sp³-hybridized carbons (Fsp3) is 0.273.